The van der Waals surface area contributed by atoms with Crippen molar-refractivity contribution in [2.45, 2.75) is 46.6 Å². The summed E-state index contributed by atoms with van der Waals surface area (Å²) in [4.78, 5) is 28.0. The summed E-state index contributed by atoms with van der Waals surface area (Å²) in [5.41, 5.74) is 1.45. The van der Waals surface area contributed by atoms with E-state index in [9.17, 15) is 9.59 Å². The van der Waals surface area contributed by atoms with Gasteiger partial charge in [-0.25, -0.2) is 0 Å². The van der Waals surface area contributed by atoms with Crippen molar-refractivity contribution in [1.82, 2.24) is 5.32 Å². The fourth-order valence-electron chi connectivity index (χ4n) is 2.11. The fourth-order valence-corrected chi connectivity index (χ4v) is 2.11. The zero-order chi connectivity index (χ0) is 21.0. The Kier molecular flexibility index (Phi) is 10.6. The van der Waals surface area contributed by atoms with Gasteiger partial charge in [0.15, 0.2) is 0 Å². The van der Waals surface area contributed by atoms with Crippen LogP contribution in [0.15, 0.2) is 29.3 Å². The molecular formula is C22H34N2O4. The highest BCUT2D eigenvalue weighted by atomic mass is 16.5. The van der Waals surface area contributed by atoms with Gasteiger partial charge in [-0.05, 0) is 38.5 Å². The van der Waals surface area contributed by atoms with Gasteiger partial charge in [0.05, 0.1) is 32.0 Å². The SMILES string of the molecule is CC(C)C(=O)CCOCCOCCNC(=O)c1ccc(C=NC(C)(C)C)cc1. The van der Waals surface area contributed by atoms with Crippen molar-refractivity contribution in [3.63, 3.8) is 0 Å². The number of ketones is 1. The average Bonchev–Trinajstić information content (AvgIpc) is 2.64. The third-order valence-electron chi connectivity index (χ3n) is 3.81. The molecule has 156 valence electrons. The Hall–Kier alpha value is -2.05. The smallest absolute Gasteiger partial charge is 0.251 e. The van der Waals surface area contributed by atoms with E-state index in [0.717, 1.165) is 5.56 Å². The summed E-state index contributed by atoms with van der Waals surface area (Å²) in [6.07, 6.45) is 2.25. The third kappa shape index (κ3) is 10.9. The van der Waals surface area contributed by atoms with Crippen LogP contribution in [0.1, 0.15) is 57.0 Å². The Labute approximate surface area is 168 Å². The Balaban J connectivity index is 2.15. The Morgan fingerprint density at radius 2 is 1.64 bits per heavy atom. The quantitative estimate of drug-likeness (QED) is 0.439. The summed E-state index contributed by atoms with van der Waals surface area (Å²) in [6.45, 7) is 12.0. The number of hydrogen-bond acceptors (Lipinski definition) is 5. The standard InChI is InChI=1S/C22H34N2O4/c1-17(2)20(25)10-12-27-14-15-28-13-11-23-21(26)19-8-6-18(7-9-19)16-24-22(3,4)5/h6-9,16-17H,10-15H2,1-5H3,(H,23,26). The Morgan fingerprint density at radius 3 is 2.21 bits per heavy atom. The van der Waals surface area contributed by atoms with Gasteiger partial charge in [0.1, 0.15) is 5.78 Å². The third-order valence-corrected chi connectivity index (χ3v) is 3.81. The maximum atomic E-state index is 12.1. The van der Waals surface area contributed by atoms with Crippen molar-refractivity contribution in [2.75, 3.05) is 33.0 Å². The normalized spacial score (nSPS) is 11.9. The molecule has 0 radical (unpaired) electrons. The summed E-state index contributed by atoms with van der Waals surface area (Å²) in [5.74, 6) is 0.126. The first kappa shape index (κ1) is 24.0. The molecule has 0 aliphatic carbocycles. The van der Waals surface area contributed by atoms with E-state index in [4.69, 9.17) is 9.47 Å². The topological polar surface area (TPSA) is 77.0 Å². The van der Waals surface area contributed by atoms with Gasteiger partial charge < -0.3 is 14.8 Å². The molecule has 0 spiro atoms. The predicted molar refractivity (Wildman–Crippen MR) is 112 cm³/mol. The molecule has 1 aromatic carbocycles. The number of carbonyl (C=O) groups is 2. The number of Topliss-reactive ketones (excluding diaryl/α,β-unsaturated/α-hetero) is 1. The molecule has 0 saturated heterocycles. The summed E-state index contributed by atoms with van der Waals surface area (Å²) < 4.78 is 10.8. The number of amides is 1. The summed E-state index contributed by atoms with van der Waals surface area (Å²) in [7, 11) is 0. The Bertz CT molecular complexity index is 631. The molecular weight excluding hydrogens is 356 g/mol. The van der Waals surface area contributed by atoms with Gasteiger partial charge in [0.2, 0.25) is 0 Å². The van der Waals surface area contributed by atoms with Gasteiger partial charge in [-0.1, -0.05) is 26.0 Å². The number of hydrogen-bond donors (Lipinski definition) is 1. The Morgan fingerprint density at radius 1 is 1.04 bits per heavy atom. The van der Waals surface area contributed by atoms with E-state index in [-0.39, 0.29) is 23.1 Å². The number of ether oxygens (including phenoxy) is 2. The second kappa shape index (κ2) is 12.4. The number of nitrogens with zero attached hydrogens (tertiary/aromatic N) is 1. The van der Waals surface area contributed by atoms with Crippen molar-refractivity contribution in [1.29, 1.82) is 0 Å². The second-order valence-corrected chi connectivity index (χ2v) is 7.90. The summed E-state index contributed by atoms with van der Waals surface area (Å²) in [5, 5.41) is 2.82. The van der Waals surface area contributed by atoms with Crippen LogP contribution in [0, 0.1) is 5.92 Å². The number of carbonyl (C=O) groups excluding carboxylic acids is 2. The van der Waals surface area contributed by atoms with E-state index >= 15 is 0 Å². The van der Waals surface area contributed by atoms with Crippen LogP contribution in [-0.4, -0.2) is 56.4 Å². The van der Waals surface area contributed by atoms with Crippen molar-refractivity contribution in [3.05, 3.63) is 35.4 Å². The maximum Gasteiger partial charge on any atom is 0.251 e. The minimum absolute atomic E-state index is 0.0521. The van der Waals surface area contributed by atoms with E-state index < -0.39 is 0 Å². The van der Waals surface area contributed by atoms with Crippen LogP contribution in [0.4, 0.5) is 0 Å². The van der Waals surface area contributed by atoms with Crippen LogP contribution in [0.2, 0.25) is 0 Å². The van der Waals surface area contributed by atoms with Gasteiger partial charge in [-0.2, -0.15) is 0 Å². The number of nitrogens with one attached hydrogen (secondary N) is 1. The molecule has 0 heterocycles. The molecule has 0 saturated carbocycles. The molecule has 28 heavy (non-hydrogen) atoms. The average molecular weight is 391 g/mol. The van der Waals surface area contributed by atoms with E-state index in [2.05, 4.69) is 10.3 Å². The molecule has 6 nitrogen and oxygen atoms in total. The first-order chi connectivity index (χ1) is 13.2. The van der Waals surface area contributed by atoms with Gasteiger partial charge in [-0.3, -0.25) is 14.6 Å². The zero-order valence-corrected chi connectivity index (χ0v) is 17.8. The summed E-state index contributed by atoms with van der Waals surface area (Å²) >= 11 is 0. The minimum Gasteiger partial charge on any atom is -0.379 e. The molecule has 0 aliphatic rings. The highest BCUT2D eigenvalue weighted by molar-refractivity contribution is 5.95. The number of rotatable bonds is 12. The monoisotopic (exact) mass is 390 g/mol. The van der Waals surface area contributed by atoms with Crippen LogP contribution in [0.5, 0.6) is 0 Å². The lowest BCUT2D eigenvalue weighted by molar-refractivity contribution is -0.123. The van der Waals surface area contributed by atoms with Crippen LogP contribution >= 0.6 is 0 Å². The molecule has 0 unspecified atom stereocenters. The molecule has 0 fully saturated rings. The highest BCUT2D eigenvalue weighted by Gasteiger charge is 2.07. The molecule has 0 aliphatic heterocycles. The van der Waals surface area contributed by atoms with Crippen molar-refractivity contribution in [3.8, 4) is 0 Å². The van der Waals surface area contributed by atoms with Gasteiger partial charge in [0.25, 0.3) is 5.91 Å². The number of aliphatic imine (C=N–C) groups is 1. The number of benzene rings is 1. The van der Waals surface area contributed by atoms with Gasteiger partial charge in [-0.15, -0.1) is 0 Å². The molecule has 1 aromatic rings. The van der Waals surface area contributed by atoms with Crippen LogP contribution in [-0.2, 0) is 14.3 Å². The minimum atomic E-state index is -0.133. The predicted octanol–water partition coefficient (Wildman–Crippen LogP) is 3.28. The highest BCUT2D eigenvalue weighted by Crippen LogP contribution is 2.08. The lowest BCUT2D eigenvalue weighted by Gasteiger charge is -2.11. The molecule has 6 heteroatoms. The van der Waals surface area contributed by atoms with E-state index in [0.29, 0.717) is 45.0 Å². The second-order valence-electron chi connectivity index (χ2n) is 7.90. The summed E-state index contributed by atoms with van der Waals surface area (Å²) in [6, 6.07) is 7.32. The zero-order valence-electron chi connectivity index (χ0n) is 17.8. The van der Waals surface area contributed by atoms with E-state index in [1.807, 2.05) is 53.0 Å². The molecule has 0 aromatic heterocycles. The largest absolute Gasteiger partial charge is 0.379 e. The van der Waals surface area contributed by atoms with Crippen molar-refractivity contribution >= 4 is 17.9 Å². The van der Waals surface area contributed by atoms with Crippen LogP contribution in [0.3, 0.4) is 0 Å². The van der Waals surface area contributed by atoms with E-state index in [1.165, 1.54) is 0 Å². The van der Waals surface area contributed by atoms with Gasteiger partial charge >= 0.3 is 0 Å². The maximum absolute atomic E-state index is 12.1. The molecule has 0 atom stereocenters. The first-order valence-corrected chi connectivity index (χ1v) is 9.81. The van der Waals surface area contributed by atoms with Crippen LogP contribution in [0.25, 0.3) is 0 Å². The fraction of sp³-hybridized carbons (Fsp3) is 0.591. The molecule has 1 rings (SSSR count). The van der Waals surface area contributed by atoms with Crippen molar-refractivity contribution < 1.29 is 19.1 Å². The lowest BCUT2D eigenvalue weighted by atomic mass is 10.1. The van der Waals surface area contributed by atoms with Gasteiger partial charge in [0, 0.05) is 30.7 Å². The first-order valence-electron chi connectivity index (χ1n) is 9.81. The molecule has 1 N–H and O–H groups in total. The lowest BCUT2D eigenvalue weighted by Crippen LogP contribution is -2.27. The van der Waals surface area contributed by atoms with Crippen LogP contribution < -0.4 is 5.32 Å². The van der Waals surface area contributed by atoms with E-state index in [1.54, 1.807) is 12.1 Å². The molecule has 1 amide bonds. The molecule has 0 bridgehead atoms. The van der Waals surface area contributed by atoms with Crippen molar-refractivity contribution in [2.24, 2.45) is 10.9 Å².